The van der Waals surface area contributed by atoms with Crippen molar-refractivity contribution in [1.82, 2.24) is 5.32 Å². The summed E-state index contributed by atoms with van der Waals surface area (Å²) in [7, 11) is 1.88. The summed E-state index contributed by atoms with van der Waals surface area (Å²) < 4.78 is 14.3. The van der Waals surface area contributed by atoms with Crippen molar-refractivity contribution in [2.75, 3.05) is 7.05 Å². The summed E-state index contributed by atoms with van der Waals surface area (Å²) in [5.74, 6) is -0.145. The van der Waals surface area contributed by atoms with Gasteiger partial charge in [0.15, 0.2) is 0 Å². The highest BCUT2D eigenvalue weighted by atomic mass is 79.9. The number of halogens is 2. The van der Waals surface area contributed by atoms with E-state index in [9.17, 15) is 4.39 Å². The van der Waals surface area contributed by atoms with Gasteiger partial charge in [0.25, 0.3) is 0 Å². The van der Waals surface area contributed by atoms with E-state index in [-0.39, 0.29) is 11.9 Å². The molecule has 0 saturated heterocycles. The molecule has 0 aromatic heterocycles. The normalized spacial score (nSPS) is 12.8. The fourth-order valence-corrected chi connectivity index (χ4v) is 2.03. The Balaban J connectivity index is 2.86. The van der Waals surface area contributed by atoms with Crippen LogP contribution in [0.25, 0.3) is 0 Å². The maximum atomic E-state index is 13.8. The molecule has 1 nitrogen and oxygen atoms in total. The van der Waals surface area contributed by atoms with E-state index in [0.29, 0.717) is 4.47 Å². The van der Waals surface area contributed by atoms with Crippen LogP contribution in [-0.2, 0) is 0 Å². The second-order valence-electron chi connectivity index (χ2n) is 3.63. The highest BCUT2D eigenvalue weighted by molar-refractivity contribution is 9.10. The molecular formula is C12H17BrFN. The SMILES string of the molecule is CCCCC(NC)c1cccc(Br)c1F. The van der Waals surface area contributed by atoms with Crippen molar-refractivity contribution in [1.29, 1.82) is 0 Å². The fraction of sp³-hybridized carbons (Fsp3) is 0.500. The predicted octanol–water partition coefficient (Wildman–Crippen LogP) is 4.04. The molecule has 0 saturated carbocycles. The van der Waals surface area contributed by atoms with Crippen LogP contribution in [0.5, 0.6) is 0 Å². The van der Waals surface area contributed by atoms with E-state index >= 15 is 0 Å². The Hall–Kier alpha value is -0.410. The van der Waals surface area contributed by atoms with Crippen molar-refractivity contribution in [2.45, 2.75) is 32.2 Å². The Morgan fingerprint density at radius 3 is 2.80 bits per heavy atom. The minimum Gasteiger partial charge on any atom is -0.313 e. The zero-order valence-corrected chi connectivity index (χ0v) is 10.8. The van der Waals surface area contributed by atoms with E-state index in [4.69, 9.17) is 0 Å². The molecule has 1 aromatic rings. The van der Waals surface area contributed by atoms with E-state index in [0.717, 1.165) is 24.8 Å². The van der Waals surface area contributed by atoms with E-state index in [1.54, 1.807) is 6.07 Å². The molecule has 0 aliphatic heterocycles. The molecule has 15 heavy (non-hydrogen) atoms. The number of hydrogen-bond acceptors (Lipinski definition) is 1. The van der Waals surface area contributed by atoms with Gasteiger partial charge < -0.3 is 5.32 Å². The molecule has 1 unspecified atom stereocenters. The molecule has 84 valence electrons. The molecule has 1 rings (SSSR count). The second-order valence-corrected chi connectivity index (χ2v) is 4.48. The highest BCUT2D eigenvalue weighted by Gasteiger charge is 2.14. The summed E-state index contributed by atoms with van der Waals surface area (Å²) in [6.07, 6.45) is 3.21. The number of rotatable bonds is 5. The number of benzene rings is 1. The average Bonchev–Trinajstić information content (AvgIpc) is 2.25. The molecular weight excluding hydrogens is 257 g/mol. The maximum absolute atomic E-state index is 13.8. The minimum atomic E-state index is -0.145. The molecule has 0 amide bonds. The lowest BCUT2D eigenvalue weighted by atomic mass is 10.0. The lowest BCUT2D eigenvalue weighted by molar-refractivity contribution is 0.490. The Labute approximate surface area is 99.2 Å². The topological polar surface area (TPSA) is 12.0 Å². The fourth-order valence-electron chi connectivity index (χ4n) is 1.65. The van der Waals surface area contributed by atoms with Gasteiger partial charge in [-0.1, -0.05) is 31.9 Å². The van der Waals surface area contributed by atoms with Crippen LogP contribution in [0.2, 0.25) is 0 Å². The van der Waals surface area contributed by atoms with Gasteiger partial charge in [0.2, 0.25) is 0 Å². The Bertz CT molecular complexity index is 314. The first-order valence-electron chi connectivity index (χ1n) is 5.31. The average molecular weight is 274 g/mol. The van der Waals surface area contributed by atoms with Gasteiger partial charge in [0.1, 0.15) is 5.82 Å². The monoisotopic (exact) mass is 273 g/mol. The molecule has 0 radical (unpaired) electrons. The summed E-state index contributed by atoms with van der Waals surface area (Å²) in [4.78, 5) is 0. The van der Waals surface area contributed by atoms with Crippen LogP contribution in [0.1, 0.15) is 37.8 Å². The molecule has 1 aromatic carbocycles. The van der Waals surface area contributed by atoms with Gasteiger partial charge in [-0.25, -0.2) is 4.39 Å². The summed E-state index contributed by atoms with van der Waals surface area (Å²) in [5.41, 5.74) is 0.750. The molecule has 1 atom stereocenters. The van der Waals surface area contributed by atoms with Crippen LogP contribution in [0.3, 0.4) is 0 Å². The molecule has 0 bridgehead atoms. The van der Waals surface area contributed by atoms with Crippen molar-refractivity contribution in [3.05, 3.63) is 34.1 Å². The molecule has 0 aliphatic rings. The van der Waals surface area contributed by atoms with Gasteiger partial charge in [0.05, 0.1) is 4.47 Å². The standard InChI is InChI=1S/C12H17BrFN/c1-3-4-8-11(15-2)9-6-5-7-10(13)12(9)14/h5-7,11,15H,3-4,8H2,1-2H3. The highest BCUT2D eigenvalue weighted by Crippen LogP contribution is 2.26. The van der Waals surface area contributed by atoms with E-state index < -0.39 is 0 Å². The maximum Gasteiger partial charge on any atom is 0.142 e. The summed E-state index contributed by atoms with van der Waals surface area (Å²) in [6, 6.07) is 5.56. The first-order valence-corrected chi connectivity index (χ1v) is 6.11. The van der Waals surface area contributed by atoms with Crippen molar-refractivity contribution in [3.8, 4) is 0 Å². The first-order chi connectivity index (χ1) is 7.20. The quantitative estimate of drug-likeness (QED) is 0.854. The van der Waals surface area contributed by atoms with Gasteiger partial charge in [-0.15, -0.1) is 0 Å². The van der Waals surface area contributed by atoms with Crippen molar-refractivity contribution < 1.29 is 4.39 Å². The Kier molecular flexibility index (Phi) is 5.26. The van der Waals surface area contributed by atoms with Crippen LogP contribution >= 0.6 is 15.9 Å². The summed E-state index contributed by atoms with van der Waals surface area (Å²) in [5, 5.41) is 3.16. The third kappa shape index (κ3) is 3.28. The van der Waals surface area contributed by atoms with Crippen LogP contribution in [0, 0.1) is 5.82 Å². The lowest BCUT2D eigenvalue weighted by Crippen LogP contribution is -2.17. The zero-order chi connectivity index (χ0) is 11.3. The van der Waals surface area contributed by atoms with Crippen LogP contribution in [0.4, 0.5) is 4.39 Å². The zero-order valence-electron chi connectivity index (χ0n) is 9.19. The third-order valence-electron chi connectivity index (χ3n) is 2.55. The van der Waals surface area contributed by atoms with Crippen LogP contribution in [0.15, 0.2) is 22.7 Å². The van der Waals surface area contributed by atoms with E-state index in [1.807, 2.05) is 19.2 Å². The number of nitrogens with one attached hydrogen (secondary N) is 1. The third-order valence-corrected chi connectivity index (χ3v) is 3.16. The molecule has 0 fully saturated rings. The van der Waals surface area contributed by atoms with Gasteiger partial charge in [-0.05, 0) is 35.5 Å². The molecule has 0 spiro atoms. The molecule has 1 N–H and O–H groups in total. The van der Waals surface area contributed by atoms with E-state index in [1.165, 1.54) is 0 Å². The van der Waals surface area contributed by atoms with Gasteiger partial charge in [0, 0.05) is 11.6 Å². The lowest BCUT2D eigenvalue weighted by Gasteiger charge is -2.17. The van der Waals surface area contributed by atoms with Crippen molar-refractivity contribution in [3.63, 3.8) is 0 Å². The molecule has 0 heterocycles. The van der Waals surface area contributed by atoms with Gasteiger partial charge in [-0.2, -0.15) is 0 Å². The van der Waals surface area contributed by atoms with Crippen molar-refractivity contribution >= 4 is 15.9 Å². The van der Waals surface area contributed by atoms with E-state index in [2.05, 4.69) is 28.2 Å². The minimum absolute atomic E-state index is 0.113. The van der Waals surface area contributed by atoms with Crippen LogP contribution < -0.4 is 5.32 Å². The van der Waals surface area contributed by atoms with Gasteiger partial charge in [-0.3, -0.25) is 0 Å². The van der Waals surface area contributed by atoms with Crippen molar-refractivity contribution in [2.24, 2.45) is 0 Å². The van der Waals surface area contributed by atoms with Gasteiger partial charge >= 0.3 is 0 Å². The smallest absolute Gasteiger partial charge is 0.142 e. The number of unbranched alkanes of at least 4 members (excludes halogenated alkanes) is 1. The Morgan fingerprint density at radius 1 is 1.47 bits per heavy atom. The predicted molar refractivity (Wildman–Crippen MR) is 65.4 cm³/mol. The molecule has 0 aliphatic carbocycles. The number of hydrogen-bond donors (Lipinski definition) is 1. The summed E-state index contributed by atoms with van der Waals surface area (Å²) in [6.45, 7) is 2.14. The largest absolute Gasteiger partial charge is 0.313 e. The molecule has 3 heteroatoms. The second kappa shape index (κ2) is 6.23. The Morgan fingerprint density at radius 2 is 2.20 bits per heavy atom. The van der Waals surface area contributed by atoms with Crippen LogP contribution in [-0.4, -0.2) is 7.05 Å². The first kappa shape index (κ1) is 12.7. The summed E-state index contributed by atoms with van der Waals surface area (Å²) >= 11 is 3.21.